The number of halogens is 1. The van der Waals surface area contributed by atoms with Crippen LogP contribution in [0.3, 0.4) is 0 Å². The molecule has 0 atom stereocenters. The van der Waals surface area contributed by atoms with Gasteiger partial charge < -0.3 is 10.1 Å². The molecule has 17 heavy (non-hydrogen) atoms. The molecule has 0 fully saturated rings. The molecule has 3 heteroatoms. The fourth-order valence-electron chi connectivity index (χ4n) is 1.35. The van der Waals surface area contributed by atoms with E-state index in [0.29, 0.717) is 12.6 Å². The molecule has 1 aromatic rings. The summed E-state index contributed by atoms with van der Waals surface area (Å²) in [6, 6.07) is 6.51. The van der Waals surface area contributed by atoms with Gasteiger partial charge in [-0.1, -0.05) is 31.9 Å². The molecular weight excluding hydrogens is 278 g/mol. The molecule has 92 valence electrons. The Hall–Kier alpha value is -0.980. The van der Waals surface area contributed by atoms with Crippen LogP contribution in [-0.4, -0.2) is 12.6 Å². The second-order valence-electron chi connectivity index (χ2n) is 3.98. The Labute approximate surface area is 112 Å². The molecule has 0 radical (unpaired) electrons. The van der Waals surface area contributed by atoms with Crippen LogP contribution in [0.4, 0.5) is 0 Å². The highest BCUT2D eigenvalue weighted by atomic mass is 79.9. The van der Waals surface area contributed by atoms with Crippen molar-refractivity contribution in [1.29, 1.82) is 0 Å². The van der Waals surface area contributed by atoms with Crippen molar-refractivity contribution in [2.75, 3.05) is 6.61 Å². The van der Waals surface area contributed by atoms with Crippen molar-refractivity contribution < 1.29 is 4.74 Å². The molecule has 0 heterocycles. The molecule has 0 saturated carbocycles. The lowest BCUT2D eigenvalue weighted by molar-refractivity contribution is 0.361. The first kappa shape index (κ1) is 14.1. The first-order valence-corrected chi connectivity index (χ1v) is 6.47. The standard InChI is InChI=1S/C14H18BrNO/c1-4-5-9-17-14-12(10-16-11(2)3)7-6-8-13(14)15/h6-8,11,16H,9-10H2,1-3H3. The average Bonchev–Trinajstić information content (AvgIpc) is 2.29. The third-order valence-corrected chi connectivity index (χ3v) is 2.84. The van der Waals surface area contributed by atoms with E-state index in [9.17, 15) is 0 Å². The van der Waals surface area contributed by atoms with E-state index in [1.807, 2.05) is 19.1 Å². The van der Waals surface area contributed by atoms with Gasteiger partial charge in [0.1, 0.15) is 12.4 Å². The molecule has 0 saturated heterocycles. The van der Waals surface area contributed by atoms with Gasteiger partial charge in [0.15, 0.2) is 0 Å². The number of benzene rings is 1. The number of hydrogen-bond donors (Lipinski definition) is 1. The molecule has 0 amide bonds. The Morgan fingerprint density at radius 2 is 2.18 bits per heavy atom. The number of ether oxygens (including phenoxy) is 1. The van der Waals surface area contributed by atoms with Crippen LogP contribution < -0.4 is 10.1 Å². The topological polar surface area (TPSA) is 21.3 Å². The summed E-state index contributed by atoms with van der Waals surface area (Å²) in [5.41, 5.74) is 1.14. The van der Waals surface area contributed by atoms with E-state index in [0.717, 1.165) is 22.3 Å². The monoisotopic (exact) mass is 295 g/mol. The first-order valence-electron chi connectivity index (χ1n) is 5.68. The predicted octanol–water partition coefficient (Wildman–Crippen LogP) is 3.35. The highest BCUT2D eigenvalue weighted by molar-refractivity contribution is 9.10. The van der Waals surface area contributed by atoms with E-state index in [-0.39, 0.29) is 0 Å². The maximum Gasteiger partial charge on any atom is 0.149 e. The molecule has 1 N–H and O–H groups in total. The van der Waals surface area contributed by atoms with Gasteiger partial charge in [0.2, 0.25) is 0 Å². The molecule has 0 spiro atoms. The molecule has 0 aromatic heterocycles. The lowest BCUT2D eigenvalue weighted by Crippen LogP contribution is -2.22. The summed E-state index contributed by atoms with van der Waals surface area (Å²) in [4.78, 5) is 0. The summed E-state index contributed by atoms with van der Waals surface area (Å²) in [6.45, 7) is 7.28. The zero-order chi connectivity index (χ0) is 12.7. The minimum Gasteiger partial charge on any atom is -0.479 e. The summed E-state index contributed by atoms with van der Waals surface area (Å²) in [6.07, 6.45) is 0. The van der Waals surface area contributed by atoms with Gasteiger partial charge in [0.25, 0.3) is 0 Å². The van der Waals surface area contributed by atoms with Gasteiger partial charge >= 0.3 is 0 Å². The van der Waals surface area contributed by atoms with Gasteiger partial charge in [-0.2, -0.15) is 0 Å². The Kier molecular flexibility index (Phi) is 6.10. The Morgan fingerprint density at radius 1 is 1.41 bits per heavy atom. The van der Waals surface area contributed by atoms with Crippen molar-refractivity contribution in [2.24, 2.45) is 0 Å². The van der Waals surface area contributed by atoms with Crippen LogP contribution in [0, 0.1) is 11.8 Å². The smallest absolute Gasteiger partial charge is 0.149 e. The van der Waals surface area contributed by atoms with Gasteiger partial charge in [-0.15, -0.1) is 5.92 Å². The summed E-state index contributed by atoms with van der Waals surface area (Å²) in [5.74, 6) is 6.60. The van der Waals surface area contributed by atoms with E-state index < -0.39 is 0 Å². The minimum atomic E-state index is 0.424. The van der Waals surface area contributed by atoms with E-state index >= 15 is 0 Å². The van der Waals surface area contributed by atoms with Crippen LogP contribution in [-0.2, 0) is 6.54 Å². The molecule has 2 nitrogen and oxygen atoms in total. The van der Waals surface area contributed by atoms with Gasteiger partial charge in [-0.05, 0) is 28.9 Å². The molecule has 1 rings (SSSR count). The number of para-hydroxylation sites is 1. The normalized spacial score (nSPS) is 9.94. The fourth-order valence-corrected chi connectivity index (χ4v) is 1.87. The summed E-state index contributed by atoms with van der Waals surface area (Å²) in [7, 11) is 0. The molecule has 0 aliphatic heterocycles. The van der Waals surface area contributed by atoms with Gasteiger partial charge in [0, 0.05) is 18.2 Å². The average molecular weight is 296 g/mol. The van der Waals surface area contributed by atoms with Gasteiger partial charge in [0.05, 0.1) is 4.47 Å². The van der Waals surface area contributed by atoms with Crippen LogP contribution in [0.15, 0.2) is 22.7 Å². The SMILES string of the molecule is CC#CCOc1c(Br)cccc1CNC(C)C. The molecule has 0 unspecified atom stereocenters. The first-order chi connectivity index (χ1) is 8.15. The lowest BCUT2D eigenvalue weighted by Gasteiger charge is -2.13. The summed E-state index contributed by atoms with van der Waals surface area (Å²) in [5, 5.41) is 3.38. The summed E-state index contributed by atoms with van der Waals surface area (Å²) < 4.78 is 6.65. The quantitative estimate of drug-likeness (QED) is 0.841. The van der Waals surface area contributed by atoms with Crippen LogP contribution in [0.5, 0.6) is 5.75 Å². The second kappa shape index (κ2) is 7.37. The summed E-state index contributed by atoms with van der Waals surface area (Å²) >= 11 is 3.51. The molecular formula is C14H18BrNO. The highest BCUT2D eigenvalue weighted by Gasteiger charge is 2.07. The van der Waals surface area contributed by atoms with Crippen molar-refractivity contribution in [1.82, 2.24) is 5.32 Å². The van der Waals surface area contributed by atoms with Crippen LogP contribution in [0.25, 0.3) is 0 Å². The predicted molar refractivity (Wildman–Crippen MR) is 75.1 cm³/mol. The van der Waals surface area contributed by atoms with Crippen molar-refractivity contribution in [3.05, 3.63) is 28.2 Å². The zero-order valence-electron chi connectivity index (χ0n) is 10.5. The van der Waals surface area contributed by atoms with E-state index in [2.05, 4.69) is 53.0 Å². The van der Waals surface area contributed by atoms with E-state index in [1.165, 1.54) is 0 Å². The lowest BCUT2D eigenvalue weighted by atomic mass is 10.2. The van der Waals surface area contributed by atoms with Crippen LogP contribution >= 0.6 is 15.9 Å². The zero-order valence-corrected chi connectivity index (χ0v) is 12.1. The van der Waals surface area contributed by atoms with E-state index in [1.54, 1.807) is 0 Å². The number of hydrogen-bond acceptors (Lipinski definition) is 2. The number of rotatable bonds is 5. The Balaban J connectivity index is 2.78. The highest BCUT2D eigenvalue weighted by Crippen LogP contribution is 2.29. The maximum absolute atomic E-state index is 5.68. The van der Waals surface area contributed by atoms with Crippen molar-refractivity contribution in [2.45, 2.75) is 33.4 Å². The fraction of sp³-hybridized carbons (Fsp3) is 0.429. The van der Waals surface area contributed by atoms with Crippen molar-refractivity contribution >= 4 is 15.9 Å². The van der Waals surface area contributed by atoms with Crippen LogP contribution in [0.1, 0.15) is 26.3 Å². The van der Waals surface area contributed by atoms with E-state index in [4.69, 9.17) is 4.74 Å². The molecule has 0 bridgehead atoms. The Bertz CT molecular complexity index is 418. The Morgan fingerprint density at radius 3 is 2.82 bits per heavy atom. The van der Waals surface area contributed by atoms with Gasteiger partial charge in [-0.3, -0.25) is 0 Å². The third kappa shape index (κ3) is 4.80. The number of nitrogens with one attached hydrogen (secondary N) is 1. The third-order valence-electron chi connectivity index (χ3n) is 2.21. The van der Waals surface area contributed by atoms with Crippen molar-refractivity contribution in [3.63, 3.8) is 0 Å². The molecule has 0 aliphatic carbocycles. The molecule has 1 aromatic carbocycles. The van der Waals surface area contributed by atoms with Gasteiger partial charge in [-0.25, -0.2) is 0 Å². The molecule has 0 aliphatic rings. The maximum atomic E-state index is 5.68. The van der Waals surface area contributed by atoms with Crippen LogP contribution in [0.2, 0.25) is 0 Å². The second-order valence-corrected chi connectivity index (χ2v) is 4.83. The largest absolute Gasteiger partial charge is 0.479 e. The minimum absolute atomic E-state index is 0.424. The van der Waals surface area contributed by atoms with Crippen molar-refractivity contribution in [3.8, 4) is 17.6 Å².